The van der Waals surface area contributed by atoms with E-state index in [4.69, 9.17) is 0 Å². The Balaban J connectivity index is 1.79. The first-order chi connectivity index (χ1) is 8.65. The van der Waals surface area contributed by atoms with Crippen LogP contribution in [0.25, 0.3) is 0 Å². The van der Waals surface area contributed by atoms with Crippen molar-refractivity contribution in [2.24, 2.45) is 5.92 Å². The molecule has 18 heavy (non-hydrogen) atoms. The summed E-state index contributed by atoms with van der Waals surface area (Å²) in [5, 5.41) is 8.61. The Labute approximate surface area is 113 Å². The van der Waals surface area contributed by atoms with Crippen molar-refractivity contribution >= 4 is 17.2 Å². The van der Waals surface area contributed by atoms with Gasteiger partial charge in [-0.1, -0.05) is 6.07 Å². The predicted molar refractivity (Wildman–Crippen MR) is 75.8 cm³/mol. The van der Waals surface area contributed by atoms with Gasteiger partial charge in [-0.25, -0.2) is 0 Å². The molecule has 1 aliphatic rings. The highest BCUT2D eigenvalue weighted by atomic mass is 32.1. The standard InChI is InChI=1S/C14H22N2OS/c1-10-8-12(5-6-15-10)14(17)16-11(2)9-13-4-3-7-18-13/h3-4,7,10-12,15H,5-6,8-9H2,1-2H3,(H,16,17). The summed E-state index contributed by atoms with van der Waals surface area (Å²) in [5.74, 6) is 0.416. The molecule has 1 saturated heterocycles. The van der Waals surface area contributed by atoms with Crippen molar-refractivity contribution < 1.29 is 4.79 Å². The molecule has 3 unspecified atom stereocenters. The van der Waals surface area contributed by atoms with Gasteiger partial charge < -0.3 is 10.6 Å². The molecule has 1 aliphatic heterocycles. The monoisotopic (exact) mass is 266 g/mol. The van der Waals surface area contributed by atoms with Crippen molar-refractivity contribution in [3.8, 4) is 0 Å². The number of amides is 1. The van der Waals surface area contributed by atoms with E-state index in [0.29, 0.717) is 6.04 Å². The fourth-order valence-electron chi connectivity index (χ4n) is 2.51. The van der Waals surface area contributed by atoms with Gasteiger partial charge in [-0.3, -0.25) is 4.79 Å². The lowest BCUT2D eigenvalue weighted by Crippen LogP contribution is -2.45. The molecule has 0 aliphatic carbocycles. The van der Waals surface area contributed by atoms with Gasteiger partial charge in [0.05, 0.1) is 0 Å². The van der Waals surface area contributed by atoms with Crippen LogP contribution in [0.2, 0.25) is 0 Å². The van der Waals surface area contributed by atoms with E-state index in [1.165, 1.54) is 4.88 Å². The molecule has 1 aromatic rings. The first-order valence-electron chi connectivity index (χ1n) is 6.71. The van der Waals surface area contributed by atoms with E-state index in [0.717, 1.165) is 25.8 Å². The van der Waals surface area contributed by atoms with Crippen LogP contribution in [0.5, 0.6) is 0 Å². The maximum atomic E-state index is 12.1. The van der Waals surface area contributed by atoms with Crippen molar-refractivity contribution in [2.75, 3.05) is 6.54 Å². The summed E-state index contributed by atoms with van der Waals surface area (Å²) in [7, 11) is 0. The van der Waals surface area contributed by atoms with E-state index < -0.39 is 0 Å². The summed E-state index contributed by atoms with van der Waals surface area (Å²) in [4.78, 5) is 13.5. The van der Waals surface area contributed by atoms with Crippen LogP contribution in [0.1, 0.15) is 31.6 Å². The van der Waals surface area contributed by atoms with Gasteiger partial charge >= 0.3 is 0 Å². The molecule has 2 rings (SSSR count). The quantitative estimate of drug-likeness (QED) is 0.877. The highest BCUT2D eigenvalue weighted by Crippen LogP contribution is 2.17. The van der Waals surface area contributed by atoms with Crippen LogP contribution in [-0.2, 0) is 11.2 Å². The molecule has 0 bridgehead atoms. The number of piperidine rings is 1. The average Bonchev–Trinajstić information content (AvgIpc) is 2.81. The molecule has 1 amide bonds. The van der Waals surface area contributed by atoms with E-state index in [9.17, 15) is 4.79 Å². The Hall–Kier alpha value is -0.870. The van der Waals surface area contributed by atoms with Crippen LogP contribution >= 0.6 is 11.3 Å². The van der Waals surface area contributed by atoms with Gasteiger partial charge in [0, 0.05) is 29.3 Å². The third-order valence-electron chi connectivity index (χ3n) is 3.47. The van der Waals surface area contributed by atoms with Crippen molar-refractivity contribution in [3.63, 3.8) is 0 Å². The molecule has 100 valence electrons. The van der Waals surface area contributed by atoms with Crippen molar-refractivity contribution in [1.82, 2.24) is 10.6 Å². The molecular weight excluding hydrogens is 244 g/mol. The van der Waals surface area contributed by atoms with Gasteiger partial charge in [-0.15, -0.1) is 11.3 Å². The normalized spacial score (nSPS) is 25.7. The number of nitrogens with one attached hydrogen (secondary N) is 2. The molecule has 3 nitrogen and oxygen atoms in total. The zero-order chi connectivity index (χ0) is 13.0. The van der Waals surface area contributed by atoms with Crippen LogP contribution in [0.4, 0.5) is 0 Å². The van der Waals surface area contributed by atoms with E-state index in [-0.39, 0.29) is 17.9 Å². The van der Waals surface area contributed by atoms with Crippen molar-refractivity contribution in [1.29, 1.82) is 0 Å². The summed E-state index contributed by atoms with van der Waals surface area (Å²) in [5.41, 5.74) is 0. The average molecular weight is 266 g/mol. The van der Waals surface area contributed by atoms with Crippen LogP contribution in [0.15, 0.2) is 17.5 Å². The van der Waals surface area contributed by atoms with Crippen LogP contribution < -0.4 is 10.6 Å². The Bertz CT molecular complexity index is 377. The highest BCUT2D eigenvalue weighted by molar-refractivity contribution is 7.09. The fourth-order valence-corrected chi connectivity index (χ4v) is 3.35. The number of carbonyl (C=O) groups is 1. The molecule has 3 atom stereocenters. The second kappa shape index (κ2) is 6.34. The Kier molecular flexibility index (Phi) is 4.78. The van der Waals surface area contributed by atoms with Gasteiger partial charge in [-0.2, -0.15) is 0 Å². The minimum absolute atomic E-state index is 0.187. The summed E-state index contributed by atoms with van der Waals surface area (Å²) in [6.45, 7) is 5.19. The third kappa shape index (κ3) is 3.82. The topological polar surface area (TPSA) is 41.1 Å². The van der Waals surface area contributed by atoms with Crippen LogP contribution in [0.3, 0.4) is 0 Å². The number of hydrogen-bond acceptors (Lipinski definition) is 3. The summed E-state index contributed by atoms with van der Waals surface area (Å²) in [6, 6.07) is 4.87. The molecule has 0 saturated carbocycles. The predicted octanol–water partition coefficient (Wildman–Crippen LogP) is 2.18. The van der Waals surface area contributed by atoms with E-state index in [2.05, 4.69) is 42.0 Å². The molecule has 0 radical (unpaired) electrons. The lowest BCUT2D eigenvalue weighted by Gasteiger charge is -2.28. The second-order valence-electron chi connectivity index (χ2n) is 5.27. The Morgan fingerprint density at radius 2 is 2.50 bits per heavy atom. The smallest absolute Gasteiger partial charge is 0.223 e. The zero-order valence-corrected chi connectivity index (χ0v) is 11.9. The molecule has 0 aromatic carbocycles. The van der Waals surface area contributed by atoms with Gasteiger partial charge in [-0.05, 0) is 44.7 Å². The summed E-state index contributed by atoms with van der Waals surface area (Å²) < 4.78 is 0. The fraction of sp³-hybridized carbons (Fsp3) is 0.643. The van der Waals surface area contributed by atoms with E-state index >= 15 is 0 Å². The SMILES string of the molecule is CC1CC(C(=O)NC(C)Cc2cccs2)CCN1. The van der Waals surface area contributed by atoms with Gasteiger partial charge in [0.25, 0.3) is 0 Å². The first-order valence-corrected chi connectivity index (χ1v) is 7.59. The van der Waals surface area contributed by atoms with Gasteiger partial charge in [0.15, 0.2) is 0 Å². The lowest BCUT2D eigenvalue weighted by atomic mass is 9.92. The number of thiophene rings is 1. The van der Waals surface area contributed by atoms with Gasteiger partial charge in [0.2, 0.25) is 5.91 Å². The Morgan fingerprint density at radius 1 is 1.67 bits per heavy atom. The minimum atomic E-state index is 0.187. The highest BCUT2D eigenvalue weighted by Gasteiger charge is 2.25. The first kappa shape index (κ1) is 13.6. The lowest BCUT2D eigenvalue weighted by molar-refractivity contribution is -0.126. The minimum Gasteiger partial charge on any atom is -0.353 e. The molecule has 1 aromatic heterocycles. The maximum Gasteiger partial charge on any atom is 0.223 e. The van der Waals surface area contributed by atoms with Crippen LogP contribution in [0, 0.1) is 5.92 Å². The Morgan fingerprint density at radius 3 is 3.17 bits per heavy atom. The van der Waals surface area contributed by atoms with Crippen LogP contribution in [-0.4, -0.2) is 24.5 Å². The van der Waals surface area contributed by atoms with E-state index in [1.54, 1.807) is 11.3 Å². The molecule has 1 fully saturated rings. The zero-order valence-electron chi connectivity index (χ0n) is 11.1. The molecule has 2 N–H and O–H groups in total. The number of rotatable bonds is 4. The van der Waals surface area contributed by atoms with Crippen molar-refractivity contribution in [2.45, 2.75) is 45.2 Å². The summed E-state index contributed by atoms with van der Waals surface area (Å²) in [6.07, 6.45) is 2.85. The number of carbonyl (C=O) groups excluding carboxylic acids is 1. The van der Waals surface area contributed by atoms with Crippen molar-refractivity contribution in [3.05, 3.63) is 22.4 Å². The maximum absolute atomic E-state index is 12.1. The summed E-state index contributed by atoms with van der Waals surface area (Å²) >= 11 is 1.75. The molecule has 2 heterocycles. The molecule has 0 spiro atoms. The van der Waals surface area contributed by atoms with Gasteiger partial charge in [0.1, 0.15) is 0 Å². The molecule has 4 heteroatoms. The van der Waals surface area contributed by atoms with E-state index in [1.807, 2.05) is 0 Å². The molecular formula is C14H22N2OS. The second-order valence-corrected chi connectivity index (χ2v) is 6.30. The third-order valence-corrected chi connectivity index (χ3v) is 4.37. The largest absolute Gasteiger partial charge is 0.353 e. The number of hydrogen-bond donors (Lipinski definition) is 2.